The van der Waals surface area contributed by atoms with E-state index in [1.807, 2.05) is 12.2 Å². The van der Waals surface area contributed by atoms with Crippen molar-refractivity contribution in [1.29, 1.82) is 0 Å². The minimum Gasteiger partial charge on any atom is -0.396 e. The molecule has 0 radical (unpaired) electrons. The number of rotatable bonds is 4. The Labute approximate surface area is 118 Å². The number of hydrogen-bond acceptors (Lipinski definition) is 2. The van der Waals surface area contributed by atoms with Crippen LogP contribution in [0.4, 0.5) is 4.39 Å². The molecule has 3 nitrogen and oxygen atoms in total. The first kappa shape index (κ1) is 14.7. The summed E-state index contributed by atoms with van der Waals surface area (Å²) in [5.74, 6) is -0.376. The van der Waals surface area contributed by atoms with Crippen molar-refractivity contribution in [2.75, 3.05) is 6.61 Å². The van der Waals surface area contributed by atoms with Crippen molar-refractivity contribution in [3.05, 3.63) is 47.8 Å². The Bertz CT molecular complexity index is 525. The van der Waals surface area contributed by atoms with Crippen molar-refractivity contribution in [2.45, 2.75) is 31.7 Å². The zero-order valence-corrected chi connectivity index (χ0v) is 11.8. The Hall–Kier alpha value is -1.68. The highest BCUT2D eigenvalue weighted by Gasteiger charge is 2.32. The van der Waals surface area contributed by atoms with E-state index in [2.05, 4.69) is 5.32 Å². The topological polar surface area (TPSA) is 49.3 Å². The number of halogens is 1. The first-order valence-corrected chi connectivity index (χ1v) is 6.79. The summed E-state index contributed by atoms with van der Waals surface area (Å²) in [6.07, 6.45) is 4.53. The molecule has 0 fully saturated rings. The number of carbonyl (C=O) groups excluding carboxylic acids is 1. The zero-order chi connectivity index (χ0) is 14.8. The molecule has 1 aromatic rings. The highest BCUT2D eigenvalue weighted by molar-refractivity contribution is 5.87. The predicted molar refractivity (Wildman–Crippen MR) is 75.7 cm³/mol. The number of aliphatic hydroxyl groups is 1. The van der Waals surface area contributed by atoms with Crippen molar-refractivity contribution in [3.63, 3.8) is 0 Å². The van der Waals surface area contributed by atoms with Gasteiger partial charge in [-0.15, -0.1) is 0 Å². The molecule has 4 heteroatoms. The summed E-state index contributed by atoms with van der Waals surface area (Å²) >= 11 is 0. The largest absolute Gasteiger partial charge is 0.396 e. The molecule has 1 aliphatic carbocycles. The smallest absolute Gasteiger partial charge is 0.230 e. The van der Waals surface area contributed by atoms with Gasteiger partial charge in [-0.25, -0.2) is 4.39 Å². The standard InChI is InChI=1S/C16H20FNO2/c1-16(2,12-4-3-5-13(17)9-12)15(20)18-14-7-6-11(8-14)10-19/h3-7,9,11,14,19H,8,10H2,1-2H3,(H,18,20)/t11-,14+/m0/s1. The van der Waals surface area contributed by atoms with E-state index >= 15 is 0 Å². The summed E-state index contributed by atoms with van der Waals surface area (Å²) in [6, 6.07) is 6.05. The molecule has 0 saturated heterocycles. The van der Waals surface area contributed by atoms with Crippen LogP contribution in [0.25, 0.3) is 0 Å². The second-order valence-electron chi connectivity index (χ2n) is 5.78. The predicted octanol–water partition coefficient (Wildman–Crippen LogP) is 2.16. The van der Waals surface area contributed by atoms with Gasteiger partial charge in [-0.3, -0.25) is 4.79 Å². The fourth-order valence-corrected chi connectivity index (χ4v) is 2.37. The molecule has 1 aromatic carbocycles. The van der Waals surface area contributed by atoms with E-state index in [0.29, 0.717) is 12.0 Å². The lowest BCUT2D eigenvalue weighted by Crippen LogP contribution is -2.44. The van der Waals surface area contributed by atoms with Crippen LogP contribution in [0.2, 0.25) is 0 Å². The number of benzene rings is 1. The SMILES string of the molecule is CC(C)(C(=O)N[C@@H]1C=C[C@H](CO)C1)c1cccc(F)c1. The molecule has 2 rings (SSSR count). The summed E-state index contributed by atoms with van der Waals surface area (Å²) in [5.41, 5.74) is -0.150. The monoisotopic (exact) mass is 277 g/mol. The van der Waals surface area contributed by atoms with Crippen LogP contribution in [0, 0.1) is 11.7 Å². The fourth-order valence-electron chi connectivity index (χ4n) is 2.37. The van der Waals surface area contributed by atoms with Crippen LogP contribution in [0.1, 0.15) is 25.8 Å². The molecular formula is C16H20FNO2. The van der Waals surface area contributed by atoms with Crippen molar-refractivity contribution < 1.29 is 14.3 Å². The van der Waals surface area contributed by atoms with E-state index in [0.717, 1.165) is 0 Å². The summed E-state index contributed by atoms with van der Waals surface area (Å²) in [5, 5.41) is 12.0. The van der Waals surface area contributed by atoms with Crippen LogP contribution in [0.3, 0.4) is 0 Å². The Balaban J connectivity index is 2.06. The third-order valence-corrected chi connectivity index (χ3v) is 3.84. The van der Waals surface area contributed by atoms with Crippen molar-refractivity contribution in [1.82, 2.24) is 5.32 Å². The van der Waals surface area contributed by atoms with Gasteiger partial charge in [0.2, 0.25) is 5.91 Å². The minimum absolute atomic E-state index is 0.0625. The highest BCUT2D eigenvalue weighted by atomic mass is 19.1. The lowest BCUT2D eigenvalue weighted by molar-refractivity contribution is -0.126. The van der Waals surface area contributed by atoms with Gasteiger partial charge in [-0.2, -0.15) is 0 Å². The fraction of sp³-hybridized carbons (Fsp3) is 0.438. The van der Waals surface area contributed by atoms with E-state index in [1.165, 1.54) is 12.1 Å². The molecule has 108 valence electrons. The Morgan fingerprint density at radius 1 is 1.45 bits per heavy atom. The van der Waals surface area contributed by atoms with Crippen LogP contribution in [-0.4, -0.2) is 23.7 Å². The van der Waals surface area contributed by atoms with E-state index in [1.54, 1.807) is 26.0 Å². The molecule has 0 aliphatic heterocycles. The number of carbonyl (C=O) groups is 1. The van der Waals surface area contributed by atoms with Crippen LogP contribution >= 0.6 is 0 Å². The van der Waals surface area contributed by atoms with Gasteiger partial charge in [0, 0.05) is 18.6 Å². The lowest BCUT2D eigenvalue weighted by Gasteiger charge is -2.26. The van der Waals surface area contributed by atoms with Crippen LogP contribution < -0.4 is 5.32 Å². The van der Waals surface area contributed by atoms with Gasteiger partial charge >= 0.3 is 0 Å². The van der Waals surface area contributed by atoms with Crippen molar-refractivity contribution >= 4 is 5.91 Å². The van der Waals surface area contributed by atoms with Gasteiger partial charge in [0.1, 0.15) is 5.82 Å². The molecule has 0 unspecified atom stereocenters. The number of hydrogen-bond donors (Lipinski definition) is 2. The number of nitrogens with one attached hydrogen (secondary N) is 1. The molecule has 1 amide bonds. The highest BCUT2D eigenvalue weighted by Crippen LogP contribution is 2.25. The Morgan fingerprint density at radius 3 is 2.80 bits per heavy atom. The summed E-state index contributed by atoms with van der Waals surface area (Å²) < 4.78 is 13.3. The van der Waals surface area contributed by atoms with Crippen molar-refractivity contribution in [3.8, 4) is 0 Å². The molecule has 0 aromatic heterocycles. The first-order valence-electron chi connectivity index (χ1n) is 6.79. The molecule has 2 atom stereocenters. The normalized spacial score (nSPS) is 22.0. The van der Waals surface area contributed by atoms with Gasteiger partial charge in [0.15, 0.2) is 0 Å². The summed E-state index contributed by atoms with van der Waals surface area (Å²) in [7, 11) is 0. The minimum atomic E-state index is -0.798. The molecular weight excluding hydrogens is 257 g/mol. The third kappa shape index (κ3) is 3.07. The van der Waals surface area contributed by atoms with Crippen LogP contribution in [0.15, 0.2) is 36.4 Å². The molecule has 0 saturated carbocycles. The van der Waals surface area contributed by atoms with Gasteiger partial charge in [0.05, 0.1) is 5.41 Å². The maximum atomic E-state index is 13.3. The number of amides is 1. The maximum absolute atomic E-state index is 13.3. The van der Waals surface area contributed by atoms with E-state index in [9.17, 15) is 9.18 Å². The first-order chi connectivity index (χ1) is 9.43. The van der Waals surface area contributed by atoms with Gasteiger partial charge in [-0.05, 0) is 38.0 Å². The number of aliphatic hydroxyl groups excluding tert-OH is 1. The molecule has 0 bridgehead atoms. The van der Waals surface area contributed by atoms with Crippen LogP contribution in [0.5, 0.6) is 0 Å². The second-order valence-corrected chi connectivity index (χ2v) is 5.78. The molecule has 2 N–H and O–H groups in total. The summed E-state index contributed by atoms with van der Waals surface area (Å²) in [6.45, 7) is 3.65. The lowest BCUT2D eigenvalue weighted by atomic mass is 9.83. The second kappa shape index (κ2) is 5.75. The van der Waals surface area contributed by atoms with E-state index in [-0.39, 0.29) is 30.3 Å². The zero-order valence-electron chi connectivity index (χ0n) is 11.8. The van der Waals surface area contributed by atoms with Crippen LogP contribution in [-0.2, 0) is 10.2 Å². The molecule has 0 spiro atoms. The quantitative estimate of drug-likeness (QED) is 0.829. The Kier molecular flexibility index (Phi) is 4.23. The van der Waals surface area contributed by atoms with Crippen molar-refractivity contribution in [2.24, 2.45) is 5.92 Å². The molecule has 20 heavy (non-hydrogen) atoms. The average Bonchev–Trinajstić information content (AvgIpc) is 2.86. The van der Waals surface area contributed by atoms with Gasteiger partial charge in [-0.1, -0.05) is 24.3 Å². The average molecular weight is 277 g/mol. The van der Waals surface area contributed by atoms with E-state index < -0.39 is 5.41 Å². The Morgan fingerprint density at radius 2 is 2.20 bits per heavy atom. The molecule has 0 heterocycles. The molecule has 1 aliphatic rings. The maximum Gasteiger partial charge on any atom is 0.230 e. The van der Waals surface area contributed by atoms with E-state index in [4.69, 9.17) is 5.11 Å². The van der Waals surface area contributed by atoms with Gasteiger partial charge in [0.25, 0.3) is 0 Å². The third-order valence-electron chi connectivity index (χ3n) is 3.84. The van der Waals surface area contributed by atoms with Gasteiger partial charge < -0.3 is 10.4 Å². The summed E-state index contributed by atoms with van der Waals surface area (Å²) in [4.78, 5) is 12.4.